The van der Waals surface area contributed by atoms with E-state index in [2.05, 4.69) is 47.3 Å². The summed E-state index contributed by atoms with van der Waals surface area (Å²) in [7, 11) is 2.00. The Morgan fingerprint density at radius 1 is 1.11 bits per heavy atom. The third kappa shape index (κ3) is 9.12. The van der Waals surface area contributed by atoms with Crippen molar-refractivity contribution in [3.05, 3.63) is 53.3 Å². The van der Waals surface area contributed by atoms with Crippen molar-refractivity contribution in [3.63, 3.8) is 0 Å². The summed E-state index contributed by atoms with van der Waals surface area (Å²) in [6.45, 7) is 5.91. The number of hydrogen-bond acceptors (Lipinski definition) is 7. The summed E-state index contributed by atoms with van der Waals surface area (Å²) in [5.74, 6) is -5.02. The highest BCUT2D eigenvalue weighted by molar-refractivity contribution is 5.88. The Labute approximate surface area is 203 Å². The van der Waals surface area contributed by atoms with Gasteiger partial charge in [0.15, 0.2) is 5.60 Å². The molecule has 0 amide bonds. The maximum absolute atomic E-state index is 10.3. The van der Waals surface area contributed by atoms with Crippen LogP contribution in [-0.4, -0.2) is 77.9 Å². The van der Waals surface area contributed by atoms with E-state index < -0.39 is 36.4 Å². The van der Waals surface area contributed by atoms with Crippen molar-refractivity contribution in [2.45, 2.75) is 57.4 Å². The van der Waals surface area contributed by atoms with Gasteiger partial charge in [-0.2, -0.15) is 5.10 Å². The third-order valence-electron chi connectivity index (χ3n) is 5.75. The van der Waals surface area contributed by atoms with Gasteiger partial charge in [-0.25, -0.2) is 4.79 Å². The number of aliphatic hydroxyl groups is 1. The lowest BCUT2D eigenvalue weighted by Crippen LogP contribution is -2.42. The molecule has 1 aliphatic rings. The van der Waals surface area contributed by atoms with E-state index in [9.17, 15) is 14.4 Å². The number of rotatable bonds is 11. The minimum absolute atomic E-state index is 0.376. The molecule has 1 fully saturated rings. The highest BCUT2D eigenvalue weighted by Gasteiger charge is 2.40. The van der Waals surface area contributed by atoms with E-state index in [0.717, 1.165) is 26.2 Å². The van der Waals surface area contributed by atoms with Gasteiger partial charge in [-0.1, -0.05) is 30.3 Å². The van der Waals surface area contributed by atoms with E-state index in [1.165, 1.54) is 29.7 Å². The lowest BCUT2D eigenvalue weighted by Gasteiger charge is -2.25. The molecule has 0 bridgehead atoms. The molecule has 11 nitrogen and oxygen atoms in total. The molecule has 11 heteroatoms. The largest absolute Gasteiger partial charge is 0.481 e. The van der Waals surface area contributed by atoms with Gasteiger partial charge in [-0.05, 0) is 25.3 Å². The third-order valence-corrected chi connectivity index (χ3v) is 5.75. The van der Waals surface area contributed by atoms with Crippen molar-refractivity contribution in [2.24, 2.45) is 7.05 Å². The number of benzene rings is 1. The van der Waals surface area contributed by atoms with E-state index in [1.54, 1.807) is 0 Å². The second-order valence-electron chi connectivity index (χ2n) is 8.65. The molecule has 2 heterocycles. The molecule has 1 aliphatic heterocycles. The van der Waals surface area contributed by atoms with Gasteiger partial charge < -0.3 is 25.2 Å². The van der Waals surface area contributed by atoms with Crippen molar-refractivity contribution in [2.75, 3.05) is 13.2 Å². The number of carboxylic acids is 3. The Kier molecular flexibility index (Phi) is 10.4. The summed E-state index contributed by atoms with van der Waals surface area (Å²) in [6, 6.07) is 10.7. The van der Waals surface area contributed by atoms with Crippen LogP contribution in [0.15, 0.2) is 36.5 Å². The Hall–Kier alpha value is -3.28. The monoisotopic (exact) mass is 491 g/mol. The Morgan fingerprint density at radius 3 is 2.20 bits per heavy atom. The maximum Gasteiger partial charge on any atom is 0.336 e. The minimum Gasteiger partial charge on any atom is -0.481 e. The maximum atomic E-state index is 10.3. The van der Waals surface area contributed by atoms with Crippen molar-refractivity contribution < 1.29 is 39.5 Å². The lowest BCUT2D eigenvalue weighted by atomic mass is 9.96. The van der Waals surface area contributed by atoms with Crippen LogP contribution in [0.5, 0.6) is 0 Å². The first kappa shape index (κ1) is 28.0. The molecule has 0 saturated carbocycles. The highest BCUT2D eigenvalue weighted by atomic mass is 16.5. The van der Waals surface area contributed by atoms with E-state index in [4.69, 9.17) is 25.2 Å². The van der Waals surface area contributed by atoms with Gasteiger partial charge >= 0.3 is 17.9 Å². The Balaban J connectivity index is 0.000000287. The van der Waals surface area contributed by atoms with Crippen molar-refractivity contribution in [1.29, 1.82) is 0 Å². The molecule has 1 unspecified atom stereocenters. The van der Waals surface area contributed by atoms with Gasteiger partial charge in [-0.3, -0.25) is 19.2 Å². The predicted octanol–water partition coefficient (Wildman–Crippen LogP) is 1.66. The smallest absolute Gasteiger partial charge is 0.336 e. The molecular weight excluding hydrogens is 458 g/mol. The first-order valence-electron chi connectivity index (χ1n) is 11.2. The van der Waals surface area contributed by atoms with E-state index >= 15 is 0 Å². The molecule has 0 radical (unpaired) electrons. The van der Waals surface area contributed by atoms with Crippen LogP contribution in [0, 0.1) is 6.92 Å². The van der Waals surface area contributed by atoms with E-state index in [0.29, 0.717) is 6.10 Å². The van der Waals surface area contributed by atoms with E-state index in [-0.39, 0.29) is 0 Å². The highest BCUT2D eigenvalue weighted by Crippen LogP contribution is 2.18. The number of carboxylic acid groups (broad SMARTS) is 3. The predicted molar refractivity (Wildman–Crippen MR) is 125 cm³/mol. The first-order valence-corrected chi connectivity index (χ1v) is 11.2. The molecule has 1 saturated heterocycles. The summed E-state index contributed by atoms with van der Waals surface area (Å²) >= 11 is 0. The van der Waals surface area contributed by atoms with Gasteiger partial charge in [0.05, 0.1) is 25.1 Å². The van der Waals surface area contributed by atoms with Crippen LogP contribution < -0.4 is 0 Å². The number of aromatic nitrogens is 2. The number of ether oxygens (including phenoxy) is 1. The van der Waals surface area contributed by atoms with Crippen LogP contribution >= 0.6 is 0 Å². The Morgan fingerprint density at radius 2 is 1.74 bits per heavy atom. The summed E-state index contributed by atoms with van der Waals surface area (Å²) in [4.78, 5) is 33.0. The summed E-state index contributed by atoms with van der Waals surface area (Å²) in [6.07, 6.45) is 2.44. The molecule has 1 aromatic carbocycles. The molecule has 0 aliphatic carbocycles. The average molecular weight is 492 g/mol. The number of nitrogens with zero attached hydrogens (tertiary/aromatic N) is 3. The van der Waals surface area contributed by atoms with Crippen LogP contribution in [-0.2, 0) is 39.3 Å². The molecule has 35 heavy (non-hydrogen) atoms. The number of hydrogen-bond donors (Lipinski definition) is 4. The van der Waals surface area contributed by atoms with Gasteiger partial charge in [-0.15, -0.1) is 0 Å². The zero-order chi connectivity index (χ0) is 26.0. The second kappa shape index (κ2) is 13.0. The molecule has 1 atom stereocenters. The van der Waals surface area contributed by atoms with E-state index in [1.807, 2.05) is 17.9 Å². The number of carbonyl (C=O) groups is 3. The molecule has 3 rings (SSSR count). The fraction of sp³-hybridized carbons (Fsp3) is 0.500. The summed E-state index contributed by atoms with van der Waals surface area (Å²) in [5, 5.41) is 38.2. The number of aliphatic carboxylic acids is 3. The van der Waals surface area contributed by atoms with Gasteiger partial charge in [0, 0.05) is 44.5 Å². The quantitative estimate of drug-likeness (QED) is 0.364. The minimum atomic E-state index is -2.74. The molecule has 2 aromatic rings. The lowest BCUT2D eigenvalue weighted by molar-refractivity contribution is -0.170. The van der Waals surface area contributed by atoms with Crippen molar-refractivity contribution in [1.82, 2.24) is 14.7 Å². The summed E-state index contributed by atoms with van der Waals surface area (Å²) < 4.78 is 7.78. The van der Waals surface area contributed by atoms with Gasteiger partial charge in [0.2, 0.25) is 0 Å². The molecule has 0 spiro atoms. The topological polar surface area (TPSA) is 162 Å². The first-order chi connectivity index (χ1) is 16.5. The Bertz CT molecular complexity index is 970. The SMILES string of the molecule is Cc1c(CN(Cc2ccccc2)CC2CCCO2)cnn1C.O=C(O)CC(O)(CC(=O)O)C(=O)O. The van der Waals surface area contributed by atoms with Crippen LogP contribution in [0.1, 0.15) is 42.5 Å². The zero-order valence-corrected chi connectivity index (χ0v) is 20.0. The zero-order valence-electron chi connectivity index (χ0n) is 20.0. The molecule has 4 N–H and O–H groups in total. The standard InChI is InChI=1S/C18H25N3O.C6H8O7/c1-15-17(11-19-20(15)2)13-21(14-18-9-6-10-22-18)12-16-7-4-3-5-8-16;7-3(8)1-6(13,5(11)12)2-4(9)10/h3-5,7-8,11,18H,6,9-10,12-14H2,1-2H3;13H,1-2H2,(H,7,8)(H,9,10)(H,11,12). The van der Waals surface area contributed by atoms with Crippen LogP contribution in [0.2, 0.25) is 0 Å². The number of aryl methyl sites for hydroxylation is 1. The fourth-order valence-electron chi connectivity index (χ4n) is 3.76. The fourth-order valence-corrected chi connectivity index (χ4v) is 3.76. The van der Waals surface area contributed by atoms with Gasteiger partial charge in [0.1, 0.15) is 0 Å². The van der Waals surface area contributed by atoms with Crippen LogP contribution in [0.3, 0.4) is 0 Å². The molecule has 192 valence electrons. The van der Waals surface area contributed by atoms with Crippen molar-refractivity contribution >= 4 is 17.9 Å². The summed E-state index contributed by atoms with van der Waals surface area (Å²) in [5.41, 5.74) is 1.15. The average Bonchev–Trinajstić information content (AvgIpc) is 3.39. The molecule has 1 aromatic heterocycles. The normalized spacial score (nSPS) is 15.5. The van der Waals surface area contributed by atoms with Crippen LogP contribution in [0.4, 0.5) is 0 Å². The van der Waals surface area contributed by atoms with Crippen molar-refractivity contribution in [3.8, 4) is 0 Å². The van der Waals surface area contributed by atoms with Gasteiger partial charge in [0.25, 0.3) is 0 Å². The second-order valence-corrected chi connectivity index (χ2v) is 8.65. The van der Waals surface area contributed by atoms with Crippen LogP contribution in [0.25, 0.3) is 0 Å². The molecular formula is C24H33N3O8.